The number of hydrogen-bond acceptors (Lipinski definition) is 6. The maximum absolute atomic E-state index is 11.3. The summed E-state index contributed by atoms with van der Waals surface area (Å²) in [6, 6.07) is 0. The molecule has 0 unspecified atom stereocenters. The second-order valence-electron chi connectivity index (χ2n) is 4.96. The molecule has 2 aliphatic rings. The van der Waals surface area contributed by atoms with Crippen molar-refractivity contribution in [2.24, 2.45) is 0 Å². The lowest BCUT2D eigenvalue weighted by Crippen LogP contribution is -2.67. The highest BCUT2D eigenvalue weighted by Crippen LogP contribution is 2.34. The third-order valence-corrected chi connectivity index (χ3v) is 3.75. The van der Waals surface area contributed by atoms with Crippen LogP contribution in [0.5, 0.6) is 0 Å². The van der Waals surface area contributed by atoms with Crippen molar-refractivity contribution < 1.29 is 30.0 Å². The number of aliphatic hydroxyl groups excluding tert-OH is 4. The Morgan fingerprint density at radius 2 is 2.06 bits per heavy atom. The first-order chi connectivity index (χ1) is 8.50. The molecule has 2 heterocycles. The van der Waals surface area contributed by atoms with Gasteiger partial charge in [-0.1, -0.05) is 0 Å². The summed E-state index contributed by atoms with van der Waals surface area (Å²) in [4.78, 5) is 11.3. The van der Waals surface area contributed by atoms with Crippen LogP contribution in [0.4, 0.5) is 0 Å². The van der Waals surface area contributed by atoms with E-state index in [-0.39, 0.29) is 12.5 Å². The highest BCUT2D eigenvalue weighted by Gasteiger charge is 2.53. The molecule has 0 aromatic heterocycles. The van der Waals surface area contributed by atoms with Crippen molar-refractivity contribution >= 4 is 5.91 Å². The Hall–Kier alpha value is -0.730. The summed E-state index contributed by atoms with van der Waals surface area (Å²) in [5.41, 5.74) is -1.14. The van der Waals surface area contributed by atoms with Crippen LogP contribution >= 0.6 is 0 Å². The van der Waals surface area contributed by atoms with Crippen LogP contribution in [0.25, 0.3) is 0 Å². The third-order valence-electron chi connectivity index (χ3n) is 3.75. The first-order valence-electron chi connectivity index (χ1n) is 6.10. The Morgan fingerprint density at radius 1 is 1.33 bits per heavy atom. The lowest BCUT2D eigenvalue weighted by Gasteiger charge is -2.48. The van der Waals surface area contributed by atoms with Crippen molar-refractivity contribution in [1.82, 2.24) is 5.32 Å². The minimum atomic E-state index is -1.40. The predicted molar refractivity (Wildman–Crippen MR) is 59.6 cm³/mol. The molecule has 0 saturated carbocycles. The van der Waals surface area contributed by atoms with Gasteiger partial charge in [0.05, 0.1) is 6.61 Å². The Morgan fingerprint density at radius 3 is 2.72 bits per heavy atom. The predicted octanol–water partition coefficient (Wildman–Crippen LogP) is -2.50. The van der Waals surface area contributed by atoms with Gasteiger partial charge in [-0.05, 0) is 12.8 Å². The van der Waals surface area contributed by atoms with Gasteiger partial charge in [0.15, 0.2) is 0 Å². The van der Waals surface area contributed by atoms with E-state index >= 15 is 0 Å². The van der Waals surface area contributed by atoms with Gasteiger partial charge in [0, 0.05) is 13.0 Å². The second kappa shape index (κ2) is 5.10. The largest absolute Gasteiger partial charge is 0.394 e. The number of carbonyl (C=O) groups excluding carboxylic acids is 1. The van der Waals surface area contributed by atoms with Gasteiger partial charge >= 0.3 is 0 Å². The maximum atomic E-state index is 11.3. The average Bonchev–Trinajstić information content (AvgIpc) is 2.55. The van der Waals surface area contributed by atoms with Gasteiger partial charge in [0.25, 0.3) is 0 Å². The normalized spacial score (nSPS) is 45.7. The van der Waals surface area contributed by atoms with E-state index in [0.717, 1.165) is 0 Å². The molecule has 0 aliphatic carbocycles. The lowest BCUT2D eigenvalue weighted by molar-refractivity contribution is -0.273. The van der Waals surface area contributed by atoms with Crippen LogP contribution in [0.1, 0.15) is 19.3 Å². The lowest BCUT2D eigenvalue weighted by atomic mass is 9.82. The number of rotatable bonds is 1. The Bertz CT molecular complexity index is 323. The molecule has 1 spiro atoms. The highest BCUT2D eigenvalue weighted by molar-refractivity contribution is 5.76. The molecule has 1 amide bonds. The second-order valence-corrected chi connectivity index (χ2v) is 4.96. The first kappa shape index (κ1) is 13.7. The quantitative estimate of drug-likeness (QED) is 0.356. The third kappa shape index (κ3) is 2.24. The van der Waals surface area contributed by atoms with Gasteiger partial charge in [-0.2, -0.15) is 0 Å². The molecular weight excluding hydrogens is 242 g/mol. The molecular formula is C11H19NO6. The average molecular weight is 261 g/mol. The number of ether oxygens (including phenoxy) is 1. The van der Waals surface area contributed by atoms with Crippen molar-refractivity contribution in [2.75, 3.05) is 13.2 Å². The molecule has 0 aromatic rings. The molecule has 2 fully saturated rings. The Kier molecular flexibility index (Phi) is 3.88. The molecule has 0 bridgehead atoms. The maximum Gasteiger partial charge on any atom is 0.220 e. The number of nitrogens with one attached hydrogen (secondary N) is 1. The molecule has 0 aromatic carbocycles. The standard InChI is InChI=1S/C11H19NO6/c13-4-6-8(15)9(16)10(17)11(18-6)3-1-2-7(14)12-5-11/h6,8-10,13,15-17H,1-5H2,(H,12,14)/t6-,8-,9+,10-,11-/m1/s1. The van der Waals surface area contributed by atoms with Gasteiger partial charge < -0.3 is 30.5 Å². The van der Waals surface area contributed by atoms with E-state index in [1.54, 1.807) is 0 Å². The van der Waals surface area contributed by atoms with Crippen LogP contribution in [0, 0.1) is 0 Å². The summed E-state index contributed by atoms with van der Waals surface area (Å²) in [6.07, 6.45) is -3.76. The van der Waals surface area contributed by atoms with Crippen LogP contribution < -0.4 is 5.32 Å². The topological polar surface area (TPSA) is 119 Å². The van der Waals surface area contributed by atoms with Gasteiger partial charge in [0.2, 0.25) is 5.91 Å². The zero-order valence-corrected chi connectivity index (χ0v) is 9.95. The minimum absolute atomic E-state index is 0.0628. The SMILES string of the molecule is O=C1CCC[C@]2(CN1)O[C@H](CO)[C@@H](O)[C@H](O)[C@H]2O. The molecule has 2 aliphatic heterocycles. The first-order valence-corrected chi connectivity index (χ1v) is 6.10. The summed E-state index contributed by atoms with van der Waals surface area (Å²) < 4.78 is 5.56. The molecule has 7 nitrogen and oxygen atoms in total. The molecule has 2 saturated heterocycles. The zero-order valence-electron chi connectivity index (χ0n) is 9.95. The molecule has 0 radical (unpaired) electrons. The van der Waals surface area contributed by atoms with E-state index in [2.05, 4.69) is 5.32 Å². The van der Waals surface area contributed by atoms with Gasteiger partial charge in [0.1, 0.15) is 30.0 Å². The molecule has 7 heteroatoms. The van der Waals surface area contributed by atoms with E-state index in [1.165, 1.54) is 0 Å². The molecule has 104 valence electrons. The molecule has 5 atom stereocenters. The zero-order chi connectivity index (χ0) is 13.3. The van der Waals surface area contributed by atoms with Crippen LogP contribution in [-0.2, 0) is 9.53 Å². The van der Waals surface area contributed by atoms with E-state index in [4.69, 9.17) is 9.84 Å². The Labute approximate surface area is 104 Å². The smallest absolute Gasteiger partial charge is 0.220 e. The highest BCUT2D eigenvalue weighted by atomic mass is 16.6. The van der Waals surface area contributed by atoms with Gasteiger partial charge in [-0.15, -0.1) is 0 Å². The fourth-order valence-electron chi connectivity index (χ4n) is 2.63. The summed E-state index contributed by atoms with van der Waals surface area (Å²) >= 11 is 0. The van der Waals surface area contributed by atoms with Gasteiger partial charge in [-0.25, -0.2) is 0 Å². The van der Waals surface area contributed by atoms with E-state index in [9.17, 15) is 20.1 Å². The van der Waals surface area contributed by atoms with Crippen LogP contribution in [0.15, 0.2) is 0 Å². The fraction of sp³-hybridized carbons (Fsp3) is 0.909. The fourth-order valence-corrected chi connectivity index (χ4v) is 2.63. The summed E-state index contributed by atoms with van der Waals surface area (Å²) in [6.45, 7) is -0.395. The van der Waals surface area contributed by atoms with Crippen molar-refractivity contribution in [1.29, 1.82) is 0 Å². The summed E-state index contributed by atoms with van der Waals surface area (Å²) in [7, 11) is 0. The number of aliphatic hydroxyl groups is 4. The number of amides is 1. The molecule has 18 heavy (non-hydrogen) atoms. The molecule has 5 N–H and O–H groups in total. The Balaban J connectivity index is 2.21. The van der Waals surface area contributed by atoms with Crippen molar-refractivity contribution in [3.63, 3.8) is 0 Å². The summed E-state index contributed by atoms with van der Waals surface area (Å²) in [5.74, 6) is -0.135. The van der Waals surface area contributed by atoms with Gasteiger partial charge in [-0.3, -0.25) is 4.79 Å². The monoisotopic (exact) mass is 261 g/mol. The van der Waals surface area contributed by atoms with Crippen LogP contribution in [0.3, 0.4) is 0 Å². The summed E-state index contributed by atoms with van der Waals surface area (Å²) in [5, 5.41) is 41.3. The number of hydrogen-bond donors (Lipinski definition) is 5. The minimum Gasteiger partial charge on any atom is -0.394 e. The van der Waals surface area contributed by atoms with Crippen LogP contribution in [-0.4, -0.2) is 69.5 Å². The van der Waals surface area contributed by atoms with Crippen molar-refractivity contribution in [3.8, 4) is 0 Å². The van der Waals surface area contributed by atoms with Crippen molar-refractivity contribution in [2.45, 2.75) is 49.3 Å². The number of carbonyl (C=O) groups is 1. The molecule has 2 rings (SSSR count). The van der Waals surface area contributed by atoms with Crippen LogP contribution in [0.2, 0.25) is 0 Å². The van der Waals surface area contributed by atoms with E-state index < -0.39 is 36.6 Å². The van der Waals surface area contributed by atoms with Crippen molar-refractivity contribution in [3.05, 3.63) is 0 Å². The van der Waals surface area contributed by atoms with E-state index in [0.29, 0.717) is 19.3 Å². The van der Waals surface area contributed by atoms with E-state index in [1.807, 2.05) is 0 Å².